The highest BCUT2D eigenvalue weighted by atomic mass is 35.5. The lowest BCUT2D eigenvalue weighted by Gasteiger charge is -2.43. The normalized spacial score (nSPS) is 19.1. The summed E-state index contributed by atoms with van der Waals surface area (Å²) in [5.41, 5.74) is 0.642. The fourth-order valence-corrected chi connectivity index (χ4v) is 4.31. The van der Waals surface area contributed by atoms with Gasteiger partial charge in [-0.15, -0.1) is 0 Å². The van der Waals surface area contributed by atoms with Crippen LogP contribution in [0.5, 0.6) is 0 Å². The maximum Gasteiger partial charge on any atom is 0.274 e. The summed E-state index contributed by atoms with van der Waals surface area (Å²) in [6.45, 7) is 3.03. The van der Waals surface area contributed by atoms with E-state index in [1.54, 1.807) is 4.90 Å². The summed E-state index contributed by atoms with van der Waals surface area (Å²) >= 11 is 6.22. The molecule has 0 aliphatic carbocycles. The molecule has 2 amide bonds. The van der Waals surface area contributed by atoms with E-state index in [-0.39, 0.29) is 11.8 Å². The number of carbonyl (C=O) groups excluding carboxylic acids is 2. The van der Waals surface area contributed by atoms with Crippen LogP contribution in [-0.4, -0.2) is 71.0 Å². The summed E-state index contributed by atoms with van der Waals surface area (Å²) in [4.78, 5) is 37.9. The molecule has 1 aromatic heterocycles. The predicted octanol–water partition coefficient (Wildman–Crippen LogP) is 2.16. The maximum absolute atomic E-state index is 13.6. The van der Waals surface area contributed by atoms with Crippen molar-refractivity contribution in [2.24, 2.45) is 0 Å². The Labute approximate surface area is 174 Å². The van der Waals surface area contributed by atoms with Crippen LogP contribution in [0.25, 0.3) is 0 Å². The molecule has 4 rings (SSSR count). The van der Waals surface area contributed by atoms with Gasteiger partial charge < -0.3 is 14.5 Å². The van der Waals surface area contributed by atoms with Crippen LogP contribution >= 0.6 is 11.6 Å². The van der Waals surface area contributed by atoms with Gasteiger partial charge in [-0.2, -0.15) is 0 Å². The second-order valence-electron chi connectivity index (χ2n) is 7.38. The van der Waals surface area contributed by atoms with E-state index in [9.17, 15) is 9.59 Å². The van der Waals surface area contributed by atoms with Gasteiger partial charge in [-0.3, -0.25) is 14.6 Å². The number of benzene rings is 1. The van der Waals surface area contributed by atoms with Gasteiger partial charge in [0.15, 0.2) is 0 Å². The number of halogens is 1. The van der Waals surface area contributed by atoms with Gasteiger partial charge in [-0.25, -0.2) is 4.98 Å². The molecule has 2 aliphatic heterocycles. The first-order chi connectivity index (χ1) is 14.1. The van der Waals surface area contributed by atoms with E-state index >= 15 is 0 Å². The second kappa shape index (κ2) is 8.47. The fraction of sp³-hybridized carbons (Fsp3) is 0.429. The second-order valence-corrected chi connectivity index (χ2v) is 7.82. The Kier molecular flexibility index (Phi) is 5.78. The molecule has 7 nitrogen and oxygen atoms in total. The van der Waals surface area contributed by atoms with Crippen molar-refractivity contribution in [1.29, 1.82) is 0 Å². The monoisotopic (exact) mass is 414 g/mol. The zero-order chi connectivity index (χ0) is 20.3. The minimum absolute atomic E-state index is 0.0923. The van der Waals surface area contributed by atoms with Crippen molar-refractivity contribution in [3.63, 3.8) is 0 Å². The topological polar surface area (TPSA) is 75.6 Å². The number of hydrogen-bond donors (Lipinski definition) is 0. The first-order valence-electron chi connectivity index (χ1n) is 9.79. The van der Waals surface area contributed by atoms with E-state index < -0.39 is 5.41 Å². The lowest BCUT2D eigenvalue weighted by Crippen LogP contribution is -2.56. The van der Waals surface area contributed by atoms with Crippen LogP contribution in [0.3, 0.4) is 0 Å². The molecule has 2 aliphatic rings. The molecule has 2 saturated heterocycles. The van der Waals surface area contributed by atoms with Crippen molar-refractivity contribution in [2.45, 2.75) is 18.3 Å². The van der Waals surface area contributed by atoms with Crippen LogP contribution in [0.2, 0.25) is 5.02 Å². The van der Waals surface area contributed by atoms with Gasteiger partial charge in [0.1, 0.15) is 5.69 Å². The van der Waals surface area contributed by atoms with Crippen LogP contribution in [-0.2, 0) is 14.9 Å². The van der Waals surface area contributed by atoms with Gasteiger partial charge in [0.05, 0.1) is 11.6 Å². The third-order valence-electron chi connectivity index (χ3n) is 5.77. The smallest absolute Gasteiger partial charge is 0.274 e. The highest BCUT2D eigenvalue weighted by Gasteiger charge is 2.44. The Balaban J connectivity index is 1.49. The number of carbonyl (C=O) groups is 2. The van der Waals surface area contributed by atoms with E-state index in [0.29, 0.717) is 63.0 Å². The first kappa shape index (κ1) is 19.8. The van der Waals surface area contributed by atoms with Crippen LogP contribution in [0, 0.1) is 0 Å². The summed E-state index contributed by atoms with van der Waals surface area (Å²) in [7, 11) is 0. The average molecular weight is 415 g/mol. The molecule has 8 heteroatoms. The van der Waals surface area contributed by atoms with Crippen LogP contribution in [0.1, 0.15) is 28.9 Å². The summed E-state index contributed by atoms with van der Waals surface area (Å²) in [5.74, 6) is -0.0597. The number of piperazine rings is 1. The number of nitrogens with zero attached hydrogens (tertiary/aromatic N) is 4. The van der Waals surface area contributed by atoms with E-state index in [2.05, 4.69) is 9.97 Å². The van der Waals surface area contributed by atoms with Gasteiger partial charge in [0.25, 0.3) is 5.91 Å². The highest BCUT2D eigenvalue weighted by molar-refractivity contribution is 6.30. The standard InChI is InChI=1S/C21H23ClN4O3/c22-17-3-1-2-16(14-17)21(4-12-29-13-5-21)20(28)26-10-8-25(9-11-26)19(27)18-15-23-6-7-24-18/h1-3,6-7,14-15H,4-5,8-13H2. The lowest BCUT2D eigenvalue weighted by molar-refractivity contribution is -0.142. The largest absolute Gasteiger partial charge is 0.381 e. The Morgan fingerprint density at radius 3 is 2.41 bits per heavy atom. The molecule has 2 fully saturated rings. The molecule has 3 heterocycles. The molecule has 0 N–H and O–H groups in total. The van der Waals surface area contributed by atoms with E-state index in [1.165, 1.54) is 18.6 Å². The van der Waals surface area contributed by atoms with Gasteiger partial charge in [-0.05, 0) is 30.5 Å². The van der Waals surface area contributed by atoms with Gasteiger partial charge >= 0.3 is 0 Å². The van der Waals surface area contributed by atoms with Crippen LogP contribution in [0.4, 0.5) is 0 Å². The Bertz CT molecular complexity index is 879. The SMILES string of the molecule is O=C(c1cnccn1)N1CCN(C(=O)C2(c3cccc(Cl)c3)CCOCC2)CC1. The fourth-order valence-electron chi connectivity index (χ4n) is 4.12. The van der Waals surface area contributed by atoms with Crippen molar-refractivity contribution in [2.75, 3.05) is 39.4 Å². The first-order valence-corrected chi connectivity index (χ1v) is 10.2. The zero-order valence-corrected chi connectivity index (χ0v) is 16.8. The molecule has 0 atom stereocenters. The highest BCUT2D eigenvalue weighted by Crippen LogP contribution is 2.38. The molecule has 2 aromatic rings. The number of ether oxygens (including phenoxy) is 1. The summed E-state index contributed by atoms with van der Waals surface area (Å²) in [6.07, 6.45) is 5.77. The number of hydrogen-bond acceptors (Lipinski definition) is 5. The van der Waals surface area contributed by atoms with Crippen molar-refractivity contribution in [3.8, 4) is 0 Å². The average Bonchev–Trinajstić information content (AvgIpc) is 2.79. The van der Waals surface area contributed by atoms with Gasteiger partial charge in [0.2, 0.25) is 5.91 Å². The van der Waals surface area contributed by atoms with Crippen molar-refractivity contribution in [1.82, 2.24) is 19.8 Å². The molecule has 0 unspecified atom stereocenters. The third kappa shape index (κ3) is 3.97. The summed E-state index contributed by atoms with van der Waals surface area (Å²) in [5, 5.41) is 0.626. The van der Waals surface area contributed by atoms with Crippen molar-refractivity contribution in [3.05, 3.63) is 59.1 Å². The zero-order valence-electron chi connectivity index (χ0n) is 16.1. The molecule has 152 valence electrons. The van der Waals surface area contributed by atoms with Crippen LogP contribution < -0.4 is 0 Å². The molecule has 0 bridgehead atoms. The molecular weight excluding hydrogens is 392 g/mol. The van der Waals surface area contributed by atoms with E-state index in [0.717, 1.165) is 5.56 Å². The Morgan fingerprint density at radius 2 is 1.76 bits per heavy atom. The Hall–Kier alpha value is -2.51. The molecule has 0 radical (unpaired) electrons. The summed E-state index contributed by atoms with van der Waals surface area (Å²) in [6, 6.07) is 7.57. The minimum Gasteiger partial charge on any atom is -0.381 e. The van der Waals surface area contributed by atoms with Crippen molar-refractivity contribution >= 4 is 23.4 Å². The quantitative estimate of drug-likeness (QED) is 0.769. The molecule has 0 spiro atoms. The molecule has 29 heavy (non-hydrogen) atoms. The molecule has 0 saturated carbocycles. The number of rotatable bonds is 3. The van der Waals surface area contributed by atoms with Gasteiger partial charge in [-0.1, -0.05) is 23.7 Å². The van der Waals surface area contributed by atoms with E-state index in [1.807, 2.05) is 29.2 Å². The lowest BCUT2D eigenvalue weighted by atomic mass is 9.73. The van der Waals surface area contributed by atoms with Crippen LogP contribution in [0.15, 0.2) is 42.9 Å². The molecule has 1 aromatic carbocycles. The minimum atomic E-state index is -0.625. The number of aromatic nitrogens is 2. The predicted molar refractivity (Wildman–Crippen MR) is 108 cm³/mol. The third-order valence-corrected chi connectivity index (χ3v) is 6.00. The number of amides is 2. The van der Waals surface area contributed by atoms with E-state index in [4.69, 9.17) is 16.3 Å². The summed E-state index contributed by atoms with van der Waals surface area (Å²) < 4.78 is 5.54. The van der Waals surface area contributed by atoms with Gasteiger partial charge in [0, 0.05) is 56.8 Å². The Morgan fingerprint density at radius 1 is 1.03 bits per heavy atom. The maximum atomic E-state index is 13.6. The molecular formula is C21H23ClN4O3. The van der Waals surface area contributed by atoms with Crippen molar-refractivity contribution < 1.29 is 14.3 Å².